The number of aromatic amines is 1. The fraction of sp³-hybridized carbons (Fsp3) is 0.235. The van der Waals surface area contributed by atoms with E-state index in [1.165, 1.54) is 5.56 Å². The van der Waals surface area contributed by atoms with Gasteiger partial charge >= 0.3 is 0 Å². The molecule has 2 aromatic heterocycles. The molecule has 1 aromatic carbocycles. The summed E-state index contributed by atoms with van der Waals surface area (Å²) in [6.45, 7) is 2.73. The predicted octanol–water partition coefficient (Wildman–Crippen LogP) is 2.21. The number of nitrogens with one attached hydrogen (secondary N) is 1. The monoisotopic (exact) mass is 280 g/mol. The first-order valence-electron chi connectivity index (χ1n) is 7.22. The zero-order valence-electron chi connectivity index (χ0n) is 12.0. The van der Waals surface area contributed by atoms with Crippen LogP contribution in [0.3, 0.4) is 0 Å². The van der Waals surface area contributed by atoms with Gasteiger partial charge in [0.25, 0.3) is 5.56 Å². The molecule has 4 heteroatoms. The highest BCUT2D eigenvalue weighted by atomic mass is 16.1. The number of aromatic nitrogens is 3. The SMILES string of the molecule is CCCc1cc[n+](Cc2nc3ccccc3c(=O)[nH]2)cc1. The van der Waals surface area contributed by atoms with Crippen LogP contribution in [0.2, 0.25) is 0 Å². The van der Waals surface area contributed by atoms with Crippen LogP contribution < -0.4 is 10.1 Å². The Morgan fingerprint density at radius 1 is 1.14 bits per heavy atom. The Hall–Kier alpha value is -2.49. The normalized spacial score (nSPS) is 10.9. The minimum absolute atomic E-state index is 0.0844. The third-order valence-corrected chi connectivity index (χ3v) is 3.49. The van der Waals surface area contributed by atoms with E-state index in [1.54, 1.807) is 6.07 Å². The fourth-order valence-electron chi connectivity index (χ4n) is 2.43. The smallest absolute Gasteiger partial charge is 0.258 e. The second-order valence-corrected chi connectivity index (χ2v) is 5.16. The van der Waals surface area contributed by atoms with Gasteiger partial charge in [-0.25, -0.2) is 4.98 Å². The fourth-order valence-corrected chi connectivity index (χ4v) is 2.43. The van der Waals surface area contributed by atoms with Crippen LogP contribution in [0.25, 0.3) is 10.9 Å². The summed E-state index contributed by atoms with van der Waals surface area (Å²) in [5.41, 5.74) is 1.98. The lowest BCUT2D eigenvalue weighted by Crippen LogP contribution is -2.35. The van der Waals surface area contributed by atoms with Crippen molar-refractivity contribution in [2.24, 2.45) is 0 Å². The van der Waals surface area contributed by atoms with E-state index in [2.05, 4.69) is 29.0 Å². The minimum atomic E-state index is -0.0844. The molecule has 0 aliphatic carbocycles. The highest BCUT2D eigenvalue weighted by molar-refractivity contribution is 5.77. The summed E-state index contributed by atoms with van der Waals surface area (Å²) < 4.78 is 2.02. The second-order valence-electron chi connectivity index (χ2n) is 5.16. The zero-order chi connectivity index (χ0) is 14.7. The third-order valence-electron chi connectivity index (χ3n) is 3.49. The molecule has 106 valence electrons. The van der Waals surface area contributed by atoms with Crippen LogP contribution in [0.4, 0.5) is 0 Å². The van der Waals surface area contributed by atoms with Crippen molar-refractivity contribution in [3.05, 3.63) is 70.5 Å². The number of nitrogens with zero attached hydrogens (tertiary/aromatic N) is 2. The summed E-state index contributed by atoms with van der Waals surface area (Å²) in [5.74, 6) is 0.673. The molecule has 2 heterocycles. The molecule has 0 saturated carbocycles. The molecule has 4 nitrogen and oxygen atoms in total. The zero-order valence-corrected chi connectivity index (χ0v) is 12.0. The van der Waals surface area contributed by atoms with Crippen molar-refractivity contribution >= 4 is 10.9 Å². The molecule has 0 atom stereocenters. The van der Waals surface area contributed by atoms with E-state index in [-0.39, 0.29) is 5.56 Å². The molecule has 1 N–H and O–H groups in total. The molecule has 21 heavy (non-hydrogen) atoms. The molecular formula is C17H18N3O+. The van der Waals surface area contributed by atoms with Crippen LogP contribution in [0, 0.1) is 0 Å². The average molecular weight is 280 g/mol. The van der Waals surface area contributed by atoms with Crippen LogP contribution in [0.1, 0.15) is 24.7 Å². The molecule has 0 fully saturated rings. The van der Waals surface area contributed by atoms with E-state index in [9.17, 15) is 4.79 Å². The summed E-state index contributed by atoms with van der Waals surface area (Å²) in [7, 11) is 0. The molecule has 0 spiro atoms. The number of hydrogen-bond donors (Lipinski definition) is 1. The van der Waals surface area contributed by atoms with Crippen molar-refractivity contribution in [2.75, 3.05) is 0 Å². The predicted molar refractivity (Wildman–Crippen MR) is 82.1 cm³/mol. The molecule has 3 aromatic rings. The topological polar surface area (TPSA) is 49.6 Å². The maximum absolute atomic E-state index is 12.0. The number of rotatable bonds is 4. The maximum Gasteiger partial charge on any atom is 0.258 e. The van der Waals surface area contributed by atoms with Gasteiger partial charge in [-0.2, -0.15) is 4.57 Å². The van der Waals surface area contributed by atoms with Crippen LogP contribution >= 0.6 is 0 Å². The number of H-pyrrole nitrogens is 1. The number of benzene rings is 1. The quantitative estimate of drug-likeness (QED) is 0.745. The second kappa shape index (κ2) is 5.87. The number of fused-ring (bicyclic) bond motifs is 1. The van der Waals surface area contributed by atoms with Crippen molar-refractivity contribution < 1.29 is 4.57 Å². The van der Waals surface area contributed by atoms with E-state index in [0.717, 1.165) is 18.4 Å². The van der Waals surface area contributed by atoms with E-state index < -0.39 is 0 Å². The summed E-state index contributed by atoms with van der Waals surface area (Å²) in [6.07, 6.45) is 6.29. The van der Waals surface area contributed by atoms with Crippen LogP contribution in [0.15, 0.2) is 53.6 Å². The van der Waals surface area contributed by atoms with Crippen molar-refractivity contribution in [1.29, 1.82) is 0 Å². The van der Waals surface area contributed by atoms with E-state index in [4.69, 9.17) is 0 Å². The number of hydrogen-bond acceptors (Lipinski definition) is 2. The first-order chi connectivity index (χ1) is 10.3. The van der Waals surface area contributed by atoms with Crippen LogP contribution in [-0.4, -0.2) is 9.97 Å². The highest BCUT2D eigenvalue weighted by Gasteiger charge is 2.08. The lowest BCUT2D eigenvalue weighted by Gasteiger charge is -2.01. The number of pyridine rings is 1. The molecule has 3 rings (SSSR count). The number of para-hydroxylation sites is 1. The van der Waals surface area contributed by atoms with Crippen molar-refractivity contribution in [2.45, 2.75) is 26.3 Å². The lowest BCUT2D eigenvalue weighted by atomic mass is 10.1. The first kappa shape index (κ1) is 13.5. The Morgan fingerprint density at radius 2 is 1.90 bits per heavy atom. The summed E-state index contributed by atoms with van der Waals surface area (Å²) >= 11 is 0. The van der Waals surface area contributed by atoms with Crippen molar-refractivity contribution in [3.63, 3.8) is 0 Å². The Labute approximate surface area is 123 Å². The Balaban J connectivity index is 1.89. The van der Waals surface area contributed by atoms with Gasteiger partial charge in [-0.05, 0) is 24.1 Å². The highest BCUT2D eigenvalue weighted by Crippen LogP contribution is 2.05. The molecule has 0 amide bonds. The van der Waals surface area contributed by atoms with Gasteiger partial charge < -0.3 is 4.98 Å². The lowest BCUT2D eigenvalue weighted by molar-refractivity contribution is -0.689. The molecule has 0 saturated heterocycles. The van der Waals surface area contributed by atoms with Crippen molar-refractivity contribution in [1.82, 2.24) is 9.97 Å². The van der Waals surface area contributed by atoms with Crippen LogP contribution in [-0.2, 0) is 13.0 Å². The van der Waals surface area contributed by atoms with Gasteiger partial charge in [-0.3, -0.25) is 4.79 Å². The Bertz CT molecular complexity index is 806. The third kappa shape index (κ3) is 2.99. The molecular weight excluding hydrogens is 262 g/mol. The largest absolute Gasteiger partial charge is 0.305 e. The Kier molecular flexibility index (Phi) is 3.77. The molecule has 0 unspecified atom stereocenters. The van der Waals surface area contributed by atoms with Gasteiger partial charge in [-0.15, -0.1) is 0 Å². The summed E-state index contributed by atoms with van der Waals surface area (Å²) in [6, 6.07) is 11.6. The summed E-state index contributed by atoms with van der Waals surface area (Å²) in [5, 5.41) is 0.629. The minimum Gasteiger partial charge on any atom is -0.305 e. The van der Waals surface area contributed by atoms with Gasteiger partial charge in [0.05, 0.1) is 10.9 Å². The molecule has 0 aliphatic heterocycles. The standard InChI is InChI=1S/C17H17N3O/c1-2-5-13-8-10-20(11-9-13)12-16-18-15-7-4-3-6-14(15)17(21)19-16/h3-4,6-11H,2,5,12H2,1H3/p+1. The van der Waals surface area contributed by atoms with Gasteiger partial charge in [-0.1, -0.05) is 25.5 Å². The molecule has 0 bridgehead atoms. The van der Waals surface area contributed by atoms with Gasteiger partial charge in [0.1, 0.15) is 0 Å². The first-order valence-corrected chi connectivity index (χ1v) is 7.22. The van der Waals surface area contributed by atoms with E-state index in [0.29, 0.717) is 17.8 Å². The number of aryl methyl sites for hydroxylation is 1. The Morgan fingerprint density at radius 3 is 2.67 bits per heavy atom. The molecule has 0 aliphatic rings. The van der Waals surface area contributed by atoms with Gasteiger partial charge in [0, 0.05) is 12.1 Å². The summed E-state index contributed by atoms with van der Waals surface area (Å²) in [4.78, 5) is 19.4. The van der Waals surface area contributed by atoms with E-state index in [1.807, 2.05) is 35.2 Å². The maximum atomic E-state index is 12.0. The van der Waals surface area contributed by atoms with Gasteiger partial charge in [0.15, 0.2) is 18.2 Å². The average Bonchev–Trinajstić information content (AvgIpc) is 2.50. The van der Waals surface area contributed by atoms with Crippen molar-refractivity contribution in [3.8, 4) is 0 Å². The van der Waals surface area contributed by atoms with Crippen LogP contribution in [0.5, 0.6) is 0 Å². The van der Waals surface area contributed by atoms with E-state index >= 15 is 0 Å². The molecule has 0 radical (unpaired) electrons. The van der Waals surface area contributed by atoms with Gasteiger partial charge in [0.2, 0.25) is 6.54 Å².